The minimum atomic E-state index is 0.515. The number of hydrogen-bond acceptors (Lipinski definition) is 2. The molecule has 2 aromatic rings. The van der Waals surface area contributed by atoms with Crippen LogP contribution in [0.2, 0.25) is 10.0 Å². The van der Waals surface area contributed by atoms with Crippen molar-refractivity contribution < 1.29 is 4.74 Å². The Morgan fingerprint density at radius 3 is 2.31 bits per heavy atom. The lowest BCUT2D eigenvalue weighted by Crippen LogP contribution is -1.87. The largest absolute Gasteiger partial charge is 0.456 e. The Hall–Kier alpha value is -1.38. The highest BCUT2D eigenvalue weighted by Crippen LogP contribution is 2.31. The topological polar surface area (TPSA) is 35.2 Å². The highest BCUT2D eigenvalue weighted by atomic mass is 35.5. The molecule has 0 unspecified atom stereocenters. The van der Waals surface area contributed by atoms with Crippen molar-refractivity contribution >= 4 is 28.9 Å². The summed E-state index contributed by atoms with van der Waals surface area (Å²) in [7, 11) is 0. The van der Waals surface area contributed by atoms with Crippen LogP contribution in [0.25, 0.3) is 0 Å². The zero-order valence-corrected chi connectivity index (χ0v) is 9.79. The monoisotopic (exact) mass is 253 g/mol. The lowest BCUT2D eigenvalue weighted by atomic mass is 10.3. The quantitative estimate of drug-likeness (QED) is 0.807. The Morgan fingerprint density at radius 2 is 1.62 bits per heavy atom. The summed E-state index contributed by atoms with van der Waals surface area (Å²) in [5.41, 5.74) is 6.26. The first kappa shape index (κ1) is 11.1. The van der Waals surface area contributed by atoms with Gasteiger partial charge in [-0.25, -0.2) is 0 Å². The van der Waals surface area contributed by atoms with Gasteiger partial charge in [0.05, 0.1) is 5.02 Å². The van der Waals surface area contributed by atoms with Gasteiger partial charge in [-0.05, 0) is 36.4 Å². The fraction of sp³-hybridized carbons (Fsp3) is 0. The van der Waals surface area contributed by atoms with E-state index >= 15 is 0 Å². The second kappa shape index (κ2) is 4.64. The van der Waals surface area contributed by atoms with E-state index in [-0.39, 0.29) is 0 Å². The molecule has 0 aliphatic heterocycles. The predicted octanol–water partition coefficient (Wildman–Crippen LogP) is 4.37. The van der Waals surface area contributed by atoms with Crippen molar-refractivity contribution in [1.29, 1.82) is 0 Å². The first-order valence-electron chi connectivity index (χ1n) is 4.63. The first-order valence-corrected chi connectivity index (χ1v) is 5.39. The number of benzene rings is 2. The van der Waals surface area contributed by atoms with Gasteiger partial charge in [-0.1, -0.05) is 23.2 Å². The van der Waals surface area contributed by atoms with Crippen molar-refractivity contribution in [3.8, 4) is 11.5 Å². The van der Waals surface area contributed by atoms with Gasteiger partial charge in [-0.3, -0.25) is 0 Å². The maximum atomic E-state index is 5.97. The van der Waals surface area contributed by atoms with E-state index in [9.17, 15) is 0 Å². The van der Waals surface area contributed by atoms with Gasteiger partial charge in [-0.15, -0.1) is 0 Å². The molecule has 4 heteroatoms. The molecule has 2 aromatic carbocycles. The molecule has 2 rings (SSSR count). The molecule has 0 fully saturated rings. The Bertz CT molecular complexity index is 497. The van der Waals surface area contributed by atoms with Crippen molar-refractivity contribution in [2.24, 2.45) is 0 Å². The number of nitrogens with two attached hydrogens (primary N) is 1. The van der Waals surface area contributed by atoms with Crippen molar-refractivity contribution in [3.63, 3.8) is 0 Å². The van der Waals surface area contributed by atoms with E-state index in [0.717, 1.165) is 0 Å². The van der Waals surface area contributed by atoms with Crippen LogP contribution in [-0.2, 0) is 0 Å². The number of anilines is 1. The molecule has 16 heavy (non-hydrogen) atoms. The number of ether oxygens (including phenoxy) is 1. The number of hydrogen-bond donors (Lipinski definition) is 1. The third kappa shape index (κ3) is 2.60. The molecular weight excluding hydrogens is 245 g/mol. The van der Waals surface area contributed by atoms with E-state index in [4.69, 9.17) is 33.7 Å². The molecule has 0 aromatic heterocycles. The van der Waals surface area contributed by atoms with Crippen LogP contribution < -0.4 is 10.5 Å². The van der Waals surface area contributed by atoms with Crippen LogP contribution >= 0.6 is 23.2 Å². The minimum Gasteiger partial charge on any atom is -0.456 e. The van der Waals surface area contributed by atoms with Crippen LogP contribution in [0.4, 0.5) is 5.69 Å². The summed E-state index contributed by atoms with van der Waals surface area (Å²) in [6.07, 6.45) is 0. The summed E-state index contributed by atoms with van der Waals surface area (Å²) in [6.45, 7) is 0. The second-order valence-electron chi connectivity index (χ2n) is 3.25. The Kier molecular flexibility index (Phi) is 3.22. The van der Waals surface area contributed by atoms with E-state index in [0.29, 0.717) is 27.2 Å². The van der Waals surface area contributed by atoms with Crippen molar-refractivity contribution in [3.05, 3.63) is 52.5 Å². The molecule has 2 N–H and O–H groups in total. The van der Waals surface area contributed by atoms with Crippen LogP contribution in [0.5, 0.6) is 11.5 Å². The summed E-state index contributed by atoms with van der Waals surface area (Å²) < 4.78 is 5.57. The highest BCUT2D eigenvalue weighted by molar-refractivity contribution is 6.34. The molecule has 0 heterocycles. The van der Waals surface area contributed by atoms with E-state index in [2.05, 4.69) is 0 Å². The summed E-state index contributed by atoms with van der Waals surface area (Å²) in [4.78, 5) is 0. The summed E-state index contributed by atoms with van der Waals surface area (Å²) in [6, 6.07) is 12.1. The Labute approximate surface area is 104 Å². The van der Waals surface area contributed by atoms with Gasteiger partial charge in [0.1, 0.15) is 11.5 Å². The third-order valence-electron chi connectivity index (χ3n) is 2.00. The zero-order chi connectivity index (χ0) is 11.5. The van der Waals surface area contributed by atoms with E-state index in [1.807, 2.05) is 0 Å². The fourth-order valence-corrected chi connectivity index (χ4v) is 1.54. The average molecular weight is 254 g/mol. The maximum absolute atomic E-state index is 5.97. The van der Waals surface area contributed by atoms with Gasteiger partial charge >= 0.3 is 0 Å². The molecule has 0 amide bonds. The van der Waals surface area contributed by atoms with E-state index in [1.165, 1.54) is 0 Å². The number of nitrogen functional groups attached to an aromatic ring is 1. The van der Waals surface area contributed by atoms with Crippen molar-refractivity contribution in [1.82, 2.24) is 0 Å². The van der Waals surface area contributed by atoms with Crippen LogP contribution in [0, 0.1) is 0 Å². The molecule has 0 aliphatic carbocycles. The molecule has 0 aliphatic rings. The Balaban J connectivity index is 2.26. The third-order valence-corrected chi connectivity index (χ3v) is 2.55. The summed E-state index contributed by atoms with van der Waals surface area (Å²) >= 11 is 11.8. The smallest absolute Gasteiger partial charge is 0.147 e. The standard InChI is InChI=1S/C12H9Cl2NO/c13-8-1-6-11(14)12(7-8)16-10-4-2-9(15)3-5-10/h1-7H,15H2. The molecule has 0 saturated heterocycles. The van der Waals surface area contributed by atoms with Gasteiger partial charge in [0.2, 0.25) is 0 Å². The van der Waals surface area contributed by atoms with Gasteiger partial charge in [0, 0.05) is 16.8 Å². The summed E-state index contributed by atoms with van der Waals surface area (Å²) in [5.74, 6) is 1.19. The normalized spacial score (nSPS) is 10.1. The lowest BCUT2D eigenvalue weighted by molar-refractivity contribution is 0.483. The zero-order valence-electron chi connectivity index (χ0n) is 8.28. The van der Waals surface area contributed by atoms with Gasteiger partial charge in [-0.2, -0.15) is 0 Å². The number of halogens is 2. The van der Waals surface area contributed by atoms with Crippen LogP contribution in [0.3, 0.4) is 0 Å². The predicted molar refractivity (Wildman–Crippen MR) is 67.4 cm³/mol. The molecule has 0 atom stereocenters. The minimum absolute atomic E-state index is 0.515. The maximum Gasteiger partial charge on any atom is 0.147 e. The van der Waals surface area contributed by atoms with Crippen LogP contribution in [0.1, 0.15) is 0 Å². The lowest BCUT2D eigenvalue weighted by Gasteiger charge is -2.07. The molecule has 0 spiro atoms. The summed E-state index contributed by atoms with van der Waals surface area (Å²) in [5, 5.41) is 1.09. The van der Waals surface area contributed by atoms with Gasteiger partial charge in [0.15, 0.2) is 0 Å². The molecular formula is C12H9Cl2NO. The molecule has 82 valence electrons. The van der Waals surface area contributed by atoms with Gasteiger partial charge < -0.3 is 10.5 Å². The second-order valence-corrected chi connectivity index (χ2v) is 4.09. The molecule has 2 nitrogen and oxygen atoms in total. The fourth-order valence-electron chi connectivity index (χ4n) is 1.22. The van der Waals surface area contributed by atoms with Crippen molar-refractivity contribution in [2.75, 3.05) is 5.73 Å². The van der Waals surface area contributed by atoms with Crippen molar-refractivity contribution in [2.45, 2.75) is 0 Å². The van der Waals surface area contributed by atoms with E-state index in [1.54, 1.807) is 42.5 Å². The SMILES string of the molecule is Nc1ccc(Oc2cc(Cl)ccc2Cl)cc1. The first-order chi connectivity index (χ1) is 7.65. The van der Waals surface area contributed by atoms with E-state index < -0.39 is 0 Å². The molecule has 0 saturated carbocycles. The molecule has 0 bridgehead atoms. The van der Waals surface area contributed by atoms with Gasteiger partial charge in [0.25, 0.3) is 0 Å². The van der Waals surface area contributed by atoms with Crippen LogP contribution in [0.15, 0.2) is 42.5 Å². The van der Waals surface area contributed by atoms with Crippen LogP contribution in [-0.4, -0.2) is 0 Å². The Morgan fingerprint density at radius 1 is 0.938 bits per heavy atom. The highest BCUT2D eigenvalue weighted by Gasteiger charge is 2.03. The molecule has 0 radical (unpaired) electrons. The number of rotatable bonds is 2. The average Bonchev–Trinajstić information content (AvgIpc) is 2.27.